The molecule has 2 aromatic rings. The highest BCUT2D eigenvalue weighted by Gasteiger charge is 2.59. The van der Waals surface area contributed by atoms with E-state index in [0.717, 1.165) is 6.42 Å². The SMILES string of the molecule is COc1ccc(C(=O)COc2ccccc2N2C(=O)[C@@H]3[C@H](C2=O)[C@H]2C=C[C@H]3C2)cc1. The number of imide groups is 1. The van der Waals surface area contributed by atoms with Gasteiger partial charge in [-0.25, -0.2) is 4.90 Å². The van der Waals surface area contributed by atoms with Crippen LogP contribution in [0.25, 0.3) is 0 Å². The van der Waals surface area contributed by atoms with Crippen LogP contribution in [0.5, 0.6) is 11.5 Å². The van der Waals surface area contributed by atoms with Gasteiger partial charge in [-0.2, -0.15) is 0 Å². The lowest BCUT2D eigenvalue weighted by Gasteiger charge is -2.20. The van der Waals surface area contributed by atoms with Gasteiger partial charge in [0.25, 0.3) is 0 Å². The van der Waals surface area contributed by atoms with Gasteiger partial charge in [-0.1, -0.05) is 24.3 Å². The Morgan fingerprint density at radius 1 is 0.967 bits per heavy atom. The van der Waals surface area contributed by atoms with Crippen LogP contribution >= 0.6 is 0 Å². The standard InChI is InChI=1S/C24H21NO5/c1-29-17-10-8-14(9-11-17)19(26)13-30-20-5-3-2-4-18(20)25-23(27)21-15-6-7-16(12-15)22(21)24(25)28/h2-11,15-16,21-22H,12-13H2,1H3/t15-,16-,21-,22+/m0/s1. The molecule has 6 nitrogen and oxygen atoms in total. The monoisotopic (exact) mass is 403 g/mol. The van der Waals surface area contributed by atoms with E-state index in [1.165, 1.54) is 4.90 Å². The van der Waals surface area contributed by atoms with E-state index in [1.54, 1.807) is 55.6 Å². The van der Waals surface area contributed by atoms with E-state index < -0.39 is 0 Å². The van der Waals surface area contributed by atoms with Gasteiger partial charge in [-0.05, 0) is 54.7 Å². The quantitative estimate of drug-likeness (QED) is 0.421. The second-order valence-corrected chi connectivity index (χ2v) is 7.92. The first-order valence-electron chi connectivity index (χ1n) is 10.0. The summed E-state index contributed by atoms with van der Waals surface area (Å²) in [4.78, 5) is 40.0. The van der Waals surface area contributed by atoms with Gasteiger partial charge in [0.1, 0.15) is 11.5 Å². The Morgan fingerprint density at radius 2 is 1.60 bits per heavy atom. The van der Waals surface area contributed by atoms with Gasteiger partial charge in [0.15, 0.2) is 12.4 Å². The Hall–Kier alpha value is -3.41. The van der Waals surface area contributed by atoms with Crippen molar-refractivity contribution in [2.75, 3.05) is 18.6 Å². The van der Waals surface area contributed by atoms with Gasteiger partial charge in [-0.15, -0.1) is 0 Å². The number of ether oxygens (including phenoxy) is 2. The number of rotatable bonds is 6. The summed E-state index contributed by atoms with van der Waals surface area (Å²) in [5.41, 5.74) is 0.905. The first-order chi connectivity index (χ1) is 14.6. The fraction of sp³-hybridized carbons (Fsp3) is 0.292. The zero-order valence-corrected chi connectivity index (χ0v) is 16.5. The average molecular weight is 403 g/mol. The molecule has 2 bridgehead atoms. The summed E-state index contributed by atoms with van der Waals surface area (Å²) < 4.78 is 10.9. The number of nitrogens with zero attached hydrogens (tertiary/aromatic N) is 1. The number of benzene rings is 2. The summed E-state index contributed by atoms with van der Waals surface area (Å²) in [5.74, 6) is 0.212. The number of hydrogen-bond donors (Lipinski definition) is 0. The van der Waals surface area contributed by atoms with Crippen LogP contribution < -0.4 is 14.4 Å². The van der Waals surface area contributed by atoms with Crippen LogP contribution in [0.1, 0.15) is 16.8 Å². The van der Waals surface area contributed by atoms with Gasteiger partial charge in [-0.3, -0.25) is 14.4 Å². The molecule has 0 aromatic heterocycles. The molecule has 1 saturated carbocycles. The Kier molecular flexibility index (Phi) is 4.42. The van der Waals surface area contributed by atoms with Crippen LogP contribution in [0, 0.1) is 23.7 Å². The maximum atomic E-state index is 13.1. The molecule has 1 heterocycles. The third-order valence-electron chi connectivity index (χ3n) is 6.35. The zero-order valence-electron chi connectivity index (χ0n) is 16.5. The lowest BCUT2D eigenvalue weighted by atomic mass is 9.85. The number of para-hydroxylation sites is 2. The van der Waals surface area contributed by atoms with Crippen molar-refractivity contribution in [3.63, 3.8) is 0 Å². The summed E-state index contributed by atoms with van der Waals surface area (Å²) in [7, 11) is 1.56. The van der Waals surface area contributed by atoms with Gasteiger partial charge in [0, 0.05) is 5.56 Å². The average Bonchev–Trinajstić information content (AvgIpc) is 3.46. The second-order valence-electron chi connectivity index (χ2n) is 7.92. The van der Waals surface area contributed by atoms with Crippen molar-refractivity contribution in [3.8, 4) is 11.5 Å². The Labute approximate surface area is 174 Å². The molecule has 3 aliphatic rings. The highest BCUT2D eigenvalue weighted by Crippen LogP contribution is 2.53. The summed E-state index contributed by atoms with van der Waals surface area (Å²) in [6.07, 6.45) is 5.02. The summed E-state index contributed by atoms with van der Waals surface area (Å²) in [5, 5.41) is 0. The van der Waals surface area contributed by atoms with E-state index >= 15 is 0 Å². The topological polar surface area (TPSA) is 72.9 Å². The maximum absolute atomic E-state index is 13.1. The van der Waals surface area contributed by atoms with Crippen molar-refractivity contribution in [2.24, 2.45) is 23.7 Å². The molecule has 4 atom stereocenters. The molecule has 5 rings (SSSR count). The molecule has 6 heteroatoms. The molecule has 30 heavy (non-hydrogen) atoms. The van der Waals surface area contributed by atoms with Crippen molar-refractivity contribution in [2.45, 2.75) is 6.42 Å². The summed E-state index contributed by atoms with van der Waals surface area (Å²) in [6.45, 7) is -0.195. The van der Waals surface area contributed by atoms with Crippen LogP contribution in [-0.4, -0.2) is 31.3 Å². The number of carbonyl (C=O) groups is 3. The van der Waals surface area contributed by atoms with Gasteiger partial charge < -0.3 is 9.47 Å². The molecular weight excluding hydrogens is 382 g/mol. The third-order valence-corrected chi connectivity index (χ3v) is 6.35. The number of amides is 2. The van der Waals surface area contributed by atoms with E-state index in [2.05, 4.69) is 12.2 Å². The van der Waals surface area contributed by atoms with Gasteiger partial charge in [0.2, 0.25) is 11.8 Å². The molecule has 0 radical (unpaired) electrons. The summed E-state index contributed by atoms with van der Waals surface area (Å²) >= 11 is 0. The number of hydrogen-bond acceptors (Lipinski definition) is 5. The number of Topliss-reactive ketones (excluding diaryl/α,β-unsaturated/α-hetero) is 1. The van der Waals surface area contributed by atoms with Crippen LogP contribution in [0.3, 0.4) is 0 Å². The highest BCUT2D eigenvalue weighted by atomic mass is 16.5. The highest BCUT2D eigenvalue weighted by molar-refractivity contribution is 6.23. The molecule has 0 unspecified atom stereocenters. The molecular formula is C24H21NO5. The van der Waals surface area contributed by atoms with E-state index in [-0.39, 0.29) is 47.9 Å². The molecule has 0 spiro atoms. The number of anilines is 1. The fourth-order valence-corrected chi connectivity index (χ4v) is 4.91. The first kappa shape index (κ1) is 18.6. The molecule has 2 aliphatic carbocycles. The lowest BCUT2D eigenvalue weighted by Crippen LogP contribution is -2.33. The maximum Gasteiger partial charge on any atom is 0.238 e. The minimum atomic E-state index is -0.276. The van der Waals surface area contributed by atoms with Gasteiger partial charge in [0.05, 0.1) is 24.6 Å². The number of ketones is 1. The number of fused-ring (bicyclic) bond motifs is 5. The third kappa shape index (κ3) is 2.83. The molecule has 2 amide bonds. The fourth-order valence-electron chi connectivity index (χ4n) is 4.91. The van der Waals surface area contributed by atoms with Crippen molar-refractivity contribution in [1.82, 2.24) is 0 Å². The Bertz CT molecular complexity index is 1030. The number of carbonyl (C=O) groups excluding carboxylic acids is 3. The minimum absolute atomic E-state index is 0.145. The van der Waals surface area contributed by atoms with E-state index in [1.807, 2.05) is 0 Å². The summed E-state index contributed by atoms with van der Waals surface area (Å²) in [6, 6.07) is 13.7. The molecule has 1 saturated heterocycles. The molecule has 2 aromatic carbocycles. The van der Waals surface area contributed by atoms with Crippen LogP contribution in [0.15, 0.2) is 60.7 Å². The predicted molar refractivity (Wildman–Crippen MR) is 109 cm³/mol. The molecule has 2 fully saturated rings. The van der Waals surface area contributed by atoms with Crippen molar-refractivity contribution >= 4 is 23.3 Å². The first-order valence-corrected chi connectivity index (χ1v) is 10.0. The predicted octanol–water partition coefficient (Wildman–Crippen LogP) is 3.27. The zero-order chi connectivity index (χ0) is 20.8. The van der Waals surface area contributed by atoms with E-state index in [0.29, 0.717) is 22.7 Å². The van der Waals surface area contributed by atoms with E-state index in [4.69, 9.17) is 9.47 Å². The minimum Gasteiger partial charge on any atom is -0.497 e. The largest absolute Gasteiger partial charge is 0.497 e. The smallest absolute Gasteiger partial charge is 0.238 e. The van der Waals surface area contributed by atoms with Crippen LogP contribution in [0.2, 0.25) is 0 Å². The van der Waals surface area contributed by atoms with Crippen molar-refractivity contribution < 1.29 is 23.9 Å². The second kappa shape index (κ2) is 7.13. The number of methoxy groups -OCH3 is 1. The Morgan fingerprint density at radius 3 is 2.23 bits per heavy atom. The van der Waals surface area contributed by atoms with Crippen molar-refractivity contribution in [1.29, 1.82) is 0 Å². The van der Waals surface area contributed by atoms with Gasteiger partial charge >= 0.3 is 0 Å². The normalized spacial score (nSPS) is 26.2. The Balaban J connectivity index is 1.35. The molecule has 152 valence electrons. The molecule has 0 N–H and O–H groups in total. The van der Waals surface area contributed by atoms with Crippen molar-refractivity contribution in [3.05, 3.63) is 66.2 Å². The van der Waals surface area contributed by atoms with Crippen LogP contribution in [-0.2, 0) is 9.59 Å². The van der Waals surface area contributed by atoms with Crippen LogP contribution in [0.4, 0.5) is 5.69 Å². The van der Waals surface area contributed by atoms with E-state index in [9.17, 15) is 14.4 Å². The lowest BCUT2D eigenvalue weighted by molar-refractivity contribution is -0.123. The molecule has 1 aliphatic heterocycles. The number of allylic oxidation sites excluding steroid dienone is 2.